The number of nitro groups is 1. The molecule has 48 heavy (non-hydrogen) atoms. The third kappa shape index (κ3) is 6.99. The molecule has 1 aliphatic rings. The molecule has 0 radical (unpaired) electrons. The minimum Gasteiger partial charge on any atom is -0.493 e. The number of Topliss-reactive ketones (excluding diaryl/α,β-unsaturated/α-hetero) is 1. The number of nitro benzene ring substituents is 1. The van der Waals surface area contributed by atoms with E-state index in [-0.39, 0.29) is 39.8 Å². The van der Waals surface area contributed by atoms with Crippen molar-refractivity contribution in [1.82, 2.24) is 9.62 Å². The van der Waals surface area contributed by atoms with Crippen LogP contribution in [0.25, 0.3) is 6.08 Å². The van der Waals surface area contributed by atoms with Crippen LogP contribution in [0.15, 0.2) is 56.4 Å². The van der Waals surface area contributed by atoms with Crippen molar-refractivity contribution >= 4 is 65.3 Å². The minimum absolute atomic E-state index is 0.204. The number of rotatable bonds is 13. The second-order valence-corrected chi connectivity index (χ2v) is 13.5. The molecule has 0 aliphatic carbocycles. The number of hydrogen-bond acceptors (Lipinski definition) is 11. The Kier molecular flexibility index (Phi) is 11.4. The first-order chi connectivity index (χ1) is 22.7. The largest absolute Gasteiger partial charge is 0.493 e. The van der Waals surface area contributed by atoms with Crippen LogP contribution >= 0.6 is 31.9 Å². The van der Waals surface area contributed by atoms with E-state index in [0.717, 1.165) is 24.3 Å². The van der Waals surface area contributed by atoms with Gasteiger partial charge in [0.25, 0.3) is 5.69 Å². The summed E-state index contributed by atoms with van der Waals surface area (Å²) in [7, 11) is 2.89. The molecule has 0 saturated carbocycles. The number of amides is 1. The molecule has 0 aromatic heterocycles. The summed E-state index contributed by atoms with van der Waals surface area (Å²) in [4.78, 5) is 39.4. The maximum absolute atomic E-state index is 14.1. The van der Waals surface area contributed by atoms with Crippen LogP contribution in [0.2, 0.25) is 0 Å². The molecule has 1 amide bonds. The molecule has 0 bridgehead atoms. The molecular formula is C31H31Br2N3O11S. The van der Waals surface area contributed by atoms with Gasteiger partial charge in [0.15, 0.2) is 28.8 Å². The fraction of sp³-hybridized carbons (Fsp3) is 0.290. The van der Waals surface area contributed by atoms with Gasteiger partial charge in [0.05, 0.1) is 66.4 Å². The van der Waals surface area contributed by atoms with E-state index in [1.54, 1.807) is 6.08 Å². The molecule has 0 saturated heterocycles. The standard InChI is InChI=1S/C31H31Br2N3O11S/c1-16(34-48(41,42)19-9-7-18(8-10-19)36(39)40)31(38)35-12-11-20-25(27(33)30(47-6)29(46-5)26(20)32)21(35)15-22(37)17-13-23(43-2)28(45-4)24(14-17)44-3/h7-14,16,21,34H,15H2,1-6H3/t16-,21?/m1/s1. The fourth-order valence-corrected chi connectivity index (χ4v) is 7.92. The summed E-state index contributed by atoms with van der Waals surface area (Å²) in [6.45, 7) is 1.35. The van der Waals surface area contributed by atoms with Crippen LogP contribution in [0.5, 0.6) is 28.7 Å². The highest BCUT2D eigenvalue weighted by Gasteiger charge is 2.38. The average molecular weight is 813 g/mol. The third-order valence-corrected chi connectivity index (χ3v) is 10.7. The lowest BCUT2D eigenvalue weighted by molar-refractivity contribution is -0.384. The Hall–Kier alpha value is -4.19. The quantitative estimate of drug-likeness (QED) is 0.128. The van der Waals surface area contributed by atoms with Gasteiger partial charge in [-0.05, 0) is 69.1 Å². The molecule has 0 spiro atoms. The van der Waals surface area contributed by atoms with E-state index in [9.17, 15) is 28.1 Å². The number of carbonyl (C=O) groups is 2. The van der Waals surface area contributed by atoms with Gasteiger partial charge in [-0.3, -0.25) is 19.7 Å². The molecule has 0 fully saturated rings. The molecule has 1 heterocycles. The van der Waals surface area contributed by atoms with Crippen LogP contribution in [0, 0.1) is 10.1 Å². The molecule has 1 N–H and O–H groups in total. The highest BCUT2D eigenvalue weighted by Crippen LogP contribution is 2.52. The number of non-ortho nitro benzene ring substituents is 1. The third-order valence-electron chi connectivity index (χ3n) is 7.53. The zero-order valence-electron chi connectivity index (χ0n) is 26.5. The topological polar surface area (TPSA) is 173 Å². The predicted octanol–water partition coefficient (Wildman–Crippen LogP) is 5.66. The molecule has 2 atom stereocenters. The molecule has 3 aromatic carbocycles. The van der Waals surface area contributed by atoms with Crippen molar-refractivity contribution in [3.63, 3.8) is 0 Å². The van der Waals surface area contributed by atoms with Gasteiger partial charge in [-0.15, -0.1) is 0 Å². The summed E-state index contributed by atoms with van der Waals surface area (Å²) in [6, 6.07) is 4.91. The molecule has 3 aromatic rings. The summed E-state index contributed by atoms with van der Waals surface area (Å²) < 4.78 is 57.0. The van der Waals surface area contributed by atoms with Gasteiger partial charge < -0.3 is 28.6 Å². The Morgan fingerprint density at radius 1 is 0.917 bits per heavy atom. The molecule has 17 heteroatoms. The first kappa shape index (κ1) is 36.6. The number of nitrogens with one attached hydrogen (secondary N) is 1. The van der Waals surface area contributed by atoms with E-state index in [1.807, 2.05) is 0 Å². The van der Waals surface area contributed by atoms with Gasteiger partial charge in [-0.1, -0.05) is 0 Å². The number of ether oxygens (including phenoxy) is 5. The lowest BCUT2D eigenvalue weighted by Crippen LogP contribution is -2.47. The van der Waals surface area contributed by atoms with Crippen molar-refractivity contribution in [2.45, 2.75) is 30.3 Å². The molecule has 4 rings (SSSR count). The van der Waals surface area contributed by atoms with E-state index in [0.29, 0.717) is 31.6 Å². The normalized spacial score (nSPS) is 14.5. The maximum atomic E-state index is 14.1. The number of fused-ring (bicyclic) bond motifs is 1. The van der Waals surface area contributed by atoms with E-state index in [1.165, 1.54) is 65.7 Å². The minimum atomic E-state index is -4.29. The number of halogens is 2. The smallest absolute Gasteiger partial charge is 0.269 e. The van der Waals surface area contributed by atoms with Crippen molar-refractivity contribution in [2.24, 2.45) is 0 Å². The van der Waals surface area contributed by atoms with Crippen LogP contribution in [-0.2, 0) is 14.8 Å². The van der Waals surface area contributed by atoms with Crippen molar-refractivity contribution in [2.75, 3.05) is 35.5 Å². The Balaban J connectivity index is 1.78. The van der Waals surface area contributed by atoms with Crippen LogP contribution in [0.4, 0.5) is 5.69 Å². The number of ketones is 1. The SMILES string of the molecule is COc1cc(C(=O)CC2c3c(Br)c(OC)c(OC)c(Br)c3C=CN2C(=O)[C@@H](C)NS(=O)(=O)c2ccc([N+](=O)[O-])cc2)cc(OC)c1OC. The number of benzene rings is 3. The van der Waals surface area contributed by atoms with Crippen molar-refractivity contribution in [3.8, 4) is 28.7 Å². The second kappa shape index (κ2) is 14.9. The first-order valence-electron chi connectivity index (χ1n) is 14.0. The Bertz CT molecular complexity index is 1880. The number of hydrogen-bond donors (Lipinski definition) is 1. The Morgan fingerprint density at radius 3 is 1.96 bits per heavy atom. The molecular weight excluding hydrogens is 782 g/mol. The van der Waals surface area contributed by atoms with E-state index in [4.69, 9.17) is 23.7 Å². The number of nitrogens with zero attached hydrogens (tertiary/aromatic N) is 2. The highest BCUT2D eigenvalue weighted by molar-refractivity contribution is 9.11. The zero-order valence-corrected chi connectivity index (χ0v) is 30.5. The summed E-state index contributed by atoms with van der Waals surface area (Å²) in [6.07, 6.45) is 2.81. The lowest BCUT2D eigenvalue weighted by Gasteiger charge is -2.36. The molecule has 1 aliphatic heterocycles. The summed E-state index contributed by atoms with van der Waals surface area (Å²) >= 11 is 7.15. The van der Waals surface area contributed by atoms with Crippen molar-refractivity contribution in [3.05, 3.63) is 78.3 Å². The van der Waals surface area contributed by atoms with Gasteiger partial charge >= 0.3 is 0 Å². The highest BCUT2D eigenvalue weighted by atomic mass is 79.9. The fourth-order valence-electron chi connectivity index (χ4n) is 5.22. The van der Waals surface area contributed by atoms with E-state index < -0.39 is 38.7 Å². The van der Waals surface area contributed by atoms with Crippen LogP contribution in [0.1, 0.15) is 40.9 Å². The Morgan fingerprint density at radius 2 is 1.46 bits per heavy atom. The van der Waals surface area contributed by atoms with E-state index >= 15 is 0 Å². The summed E-state index contributed by atoms with van der Waals surface area (Å²) in [5, 5.41) is 11.0. The van der Waals surface area contributed by atoms with Crippen LogP contribution in [0.3, 0.4) is 0 Å². The van der Waals surface area contributed by atoms with Gasteiger partial charge in [0, 0.05) is 41.4 Å². The van der Waals surface area contributed by atoms with Gasteiger partial charge in [0.2, 0.25) is 21.7 Å². The van der Waals surface area contributed by atoms with Crippen molar-refractivity contribution < 1.29 is 46.6 Å². The van der Waals surface area contributed by atoms with Crippen molar-refractivity contribution in [1.29, 1.82) is 0 Å². The summed E-state index contributed by atoms with van der Waals surface area (Å²) in [5.41, 5.74) is 0.987. The average Bonchev–Trinajstić information content (AvgIpc) is 3.08. The lowest BCUT2D eigenvalue weighted by atomic mass is 9.89. The summed E-state index contributed by atoms with van der Waals surface area (Å²) in [5.74, 6) is 0.355. The molecule has 14 nitrogen and oxygen atoms in total. The number of methoxy groups -OCH3 is 5. The number of sulfonamides is 1. The first-order valence-corrected chi connectivity index (χ1v) is 17.0. The maximum Gasteiger partial charge on any atom is 0.269 e. The van der Waals surface area contributed by atoms with Gasteiger partial charge in [-0.2, -0.15) is 4.72 Å². The molecule has 256 valence electrons. The van der Waals surface area contributed by atoms with Crippen LogP contribution < -0.4 is 28.4 Å². The van der Waals surface area contributed by atoms with Crippen LogP contribution in [-0.4, -0.2) is 71.5 Å². The second-order valence-electron chi connectivity index (χ2n) is 10.2. The van der Waals surface area contributed by atoms with Gasteiger partial charge in [0.1, 0.15) is 0 Å². The zero-order chi connectivity index (χ0) is 35.5. The monoisotopic (exact) mass is 811 g/mol. The Labute approximate surface area is 293 Å². The predicted molar refractivity (Wildman–Crippen MR) is 181 cm³/mol. The van der Waals surface area contributed by atoms with Gasteiger partial charge in [-0.25, -0.2) is 8.42 Å². The van der Waals surface area contributed by atoms with E-state index in [2.05, 4.69) is 36.6 Å². The molecule has 1 unspecified atom stereocenters. The number of carbonyl (C=O) groups excluding carboxylic acids is 2.